The van der Waals surface area contributed by atoms with Gasteiger partial charge in [-0.25, -0.2) is 0 Å². The Morgan fingerprint density at radius 3 is 2.50 bits per heavy atom. The summed E-state index contributed by atoms with van der Waals surface area (Å²) < 4.78 is 5.47. The topological polar surface area (TPSA) is 54.6 Å². The molecule has 1 fully saturated rings. The van der Waals surface area contributed by atoms with Crippen LogP contribution in [0.2, 0.25) is 0 Å². The first kappa shape index (κ1) is 14.9. The molecule has 5 nitrogen and oxygen atoms in total. The lowest BCUT2D eigenvalue weighted by molar-refractivity contribution is 0.0681. The quantitative estimate of drug-likeness (QED) is 0.862. The molecular weight excluding hydrogens is 252 g/mol. The Labute approximate surface area is 121 Å². The number of hydrogen-bond donors (Lipinski definition) is 1. The number of nitrogen functional groups attached to an aromatic ring is 1. The normalized spacial score (nSPS) is 16.9. The van der Waals surface area contributed by atoms with Crippen LogP contribution < -0.4 is 15.4 Å². The second-order valence-electron chi connectivity index (χ2n) is 5.83. The monoisotopic (exact) mass is 278 g/mol. The second-order valence-corrected chi connectivity index (χ2v) is 5.83. The summed E-state index contributed by atoms with van der Waals surface area (Å²) in [5.41, 5.74) is 6.75. The maximum atomic E-state index is 5.87. The molecule has 2 rings (SSSR count). The zero-order chi connectivity index (χ0) is 14.8. The summed E-state index contributed by atoms with van der Waals surface area (Å²) in [4.78, 5) is 9.06. The molecule has 112 valence electrons. The van der Waals surface area contributed by atoms with Crippen LogP contribution in [-0.4, -0.2) is 49.7 Å². The average molecular weight is 278 g/mol. The van der Waals surface area contributed by atoms with Crippen LogP contribution in [0.15, 0.2) is 12.1 Å². The maximum Gasteiger partial charge on any atom is 0.239 e. The molecule has 1 heterocycles. The summed E-state index contributed by atoms with van der Waals surface area (Å²) in [6.07, 6.45) is 3.81. The van der Waals surface area contributed by atoms with E-state index in [1.165, 1.54) is 19.3 Å². The van der Waals surface area contributed by atoms with Crippen molar-refractivity contribution >= 4 is 11.5 Å². The van der Waals surface area contributed by atoms with E-state index in [1.807, 2.05) is 19.1 Å². The van der Waals surface area contributed by atoms with Crippen molar-refractivity contribution in [1.29, 1.82) is 0 Å². The van der Waals surface area contributed by atoms with Crippen LogP contribution >= 0.6 is 0 Å². The van der Waals surface area contributed by atoms with Crippen molar-refractivity contribution in [3.63, 3.8) is 0 Å². The third-order valence-electron chi connectivity index (χ3n) is 4.31. The van der Waals surface area contributed by atoms with Crippen molar-refractivity contribution in [2.24, 2.45) is 0 Å². The summed E-state index contributed by atoms with van der Waals surface area (Å²) in [5.74, 6) is 1.44. The molecule has 0 spiro atoms. The van der Waals surface area contributed by atoms with Crippen LogP contribution in [0.5, 0.6) is 5.88 Å². The van der Waals surface area contributed by atoms with Crippen LogP contribution in [0.25, 0.3) is 0 Å². The third kappa shape index (κ3) is 2.82. The molecule has 0 radical (unpaired) electrons. The van der Waals surface area contributed by atoms with E-state index in [0.717, 1.165) is 12.4 Å². The highest BCUT2D eigenvalue weighted by molar-refractivity contribution is 5.54. The van der Waals surface area contributed by atoms with E-state index in [-0.39, 0.29) is 5.54 Å². The molecule has 0 unspecified atom stereocenters. The number of rotatable bonds is 6. The maximum absolute atomic E-state index is 5.87. The van der Waals surface area contributed by atoms with Crippen LogP contribution in [-0.2, 0) is 0 Å². The molecule has 0 aliphatic heterocycles. The van der Waals surface area contributed by atoms with Crippen molar-refractivity contribution in [2.75, 3.05) is 44.9 Å². The molecule has 1 saturated carbocycles. The molecule has 5 heteroatoms. The highest BCUT2D eigenvalue weighted by atomic mass is 16.5. The van der Waals surface area contributed by atoms with Crippen LogP contribution in [0.4, 0.5) is 11.5 Å². The minimum absolute atomic E-state index is 0.281. The van der Waals surface area contributed by atoms with Crippen molar-refractivity contribution in [1.82, 2.24) is 9.88 Å². The van der Waals surface area contributed by atoms with Gasteiger partial charge in [-0.1, -0.05) is 0 Å². The molecule has 1 aromatic rings. The number of hydrogen-bond acceptors (Lipinski definition) is 5. The van der Waals surface area contributed by atoms with Gasteiger partial charge in [-0.05, 0) is 52.4 Å². The van der Waals surface area contributed by atoms with Gasteiger partial charge in [0.25, 0.3) is 0 Å². The van der Waals surface area contributed by atoms with E-state index in [2.05, 4.69) is 35.9 Å². The Morgan fingerprint density at radius 2 is 2.00 bits per heavy atom. The van der Waals surface area contributed by atoms with E-state index in [9.17, 15) is 0 Å². The van der Waals surface area contributed by atoms with Gasteiger partial charge in [0.1, 0.15) is 5.82 Å². The molecule has 0 bridgehead atoms. The molecule has 0 atom stereocenters. The fourth-order valence-corrected chi connectivity index (χ4v) is 2.76. The predicted octanol–water partition coefficient (Wildman–Crippen LogP) is 1.98. The molecule has 0 amide bonds. The smallest absolute Gasteiger partial charge is 0.239 e. The highest BCUT2D eigenvalue weighted by Gasteiger charge is 2.40. The summed E-state index contributed by atoms with van der Waals surface area (Å²) in [6.45, 7) is 3.49. The summed E-state index contributed by atoms with van der Waals surface area (Å²) >= 11 is 0. The summed E-state index contributed by atoms with van der Waals surface area (Å²) in [5, 5.41) is 0. The van der Waals surface area contributed by atoms with Gasteiger partial charge in [-0.15, -0.1) is 0 Å². The minimum atomic E-state index is 0.281. The zero-order valence-electron chi connectivity index (χ0n) is 13.0. The number of aromatic nitrogens is 1. The van der Waals surface area contributed by atoms with Crippen LogP contribution in [0.1, 0.15) is 26.2 Å². The van der Waals surface area contributed by atoms with Gasteiger partial charge in [-0.2, -0.15) is 4.98 Å². The van der Waals surface area contributed by atoms with Crippen molar-refractivity contribution in [3.05, 3.63) is 12.1 Å². The van der Waals surface area contributed by atoms with Gasteiger partial charge >= 0.3 is 0 Å². The lowest BCUT2D eigenvalue weighted by Crippen LogP contribution is -2.56. The predicted molar refractivity (Wildman–Crippen MR) is 83.4 cm³/mol. The lowest BCUT2D eigenvalue weighted by Gasteiger charge is -2.49. The molecule has 1 aliphatic rings. The van der Waals surface area contributed by atoms with Crippen molar-refractivity contribution < 1.29 is 4.74 Å². The van der Waals surface area contributed by atoms with Crippen molar-refractivity contribution in [3.8, 4) is 5.88 Å². The van der Waals surface area contributed by atoms with Gasteiger partial charge in [0, 0.05) is 19.1 Å². The first-order valence-electron chi connectivity index (χ1n) is 7.26. The highest BCUT2D eigenvalue weighted by Crippen LogP contribution is 2.37. The van der Waals surface area contributed by atoms with Crippen LogP contribution in [0.3, 0.4) is 0 Å². The largest absolute Gasteiger partial charge is 0.476 e. The van der Waals surface area contributed by atoms with E-state index in [0.29, 0.717) is 18.2 Å². The Kier molecular flexibility index (Phi) is 4.38. The van der Waals surface area contributed by atoms with E-state index >= 15 is 0 Å². The lowest BCUT2D eigenvalue weighted by atomic mass is 9.75. The average Bonchev–Trinajstić information content (AvgIpc) is 2.36. The van der Waals surface area contributed by atoms with Crippen LogP contribution in [0, 0.1) is 0 Å². The standard InChI is InChI=1S/C15H26N4O/c1-5-20-14-12(16)7-8-13(17-14)19(4)11-15(18(2)3)9-6-10-15/h7-8H,5-6,9-11,16H2,1-4H3. The zero-order valence-corrected chi connectivity index (χ0v) is 13.0. The number of anilines is 2. The first-order chi connectivity index (χ1) is 9.48. The molecule has 1 aromatic heterocycles. The number of ether oxygens (including phenoxy) is 1. The molecule has 1 aliphatic carbocycles. The summed E-state index contributed by atoms with van der Waals surface area (Å²) in [6, 6.07) is 3.83. The van der Waals surface area contributed by atoms with Gasteiger partial charge < -0.3 is 20.3 Å². The minimum Gasteiger partial charge on any atom is -0.476 e. The Hall–Kier alpha value is -1.49. The molecule has 0 aromatic carbocycles. The molecule has 0 saturated heterocycles. The van der Waals surface area contributed by atoms with Gasteiger partial charge in [0.05, 0.1) is 12.3 Å². The number of nitrogens with two attached hydrogens (primary N) is 1. The van der Waals surface area contributed by atoms with E-state index < -0.39 is 0 Å². The molecular formula is C15H26N4O. The van der Waals surface area contributed by atoms with E-state index in [1.54, 1.807) is 0 Å². The van der Waals surface area contributed by atoms with E-state index in [4.69, 9.17) is 10.5 Å². The number of likely N-dealkylation sites (N-methyl/N-ethyl adjacent to an activating group) is 2. The van der Waals surface area contributed by atoms with Gasteiger partial charge in [-0.3, -0.25) is 0 Å². The molecule has 20 heavy (non-hydrogen) atoms. The Bertz CT molecular complexity index is 457. The number of pyridine rings is 1. The Balaban J connectivity index is 2.12. The first-order valence-corrected chi connectivity index (χ1v) is 7.26. The summed E-state index contributed by atoms with van der Waals surface area (Å²) in [7, 11) is 6.40. The van der Waals surface area contributed by atoms with Crippen molar-refractivity contribution in [2.45, 2.75) is 31.7 Å². The number of nitrogens with zero attached hydrogens (tertiary/aromatic N) is 3. The Morgan fingerprint density at radius 1 is 1.30 bits per heavy atom. The third-order valence-corrected chi connectivity index (χ3v) is 4.31. The fraction of sp³-hybridized carbons (Fsp3) is 0.667. The van der Waals surface area contributed by atoms with Gasteiger partial charge in [0.2, 0.25) is 5.88 Å². The second kappa shape index (κ2) is 5.87. The molecule has 2 N–H and O–H groups in total. The fourth-order valence-electron chi connectivity index (χ4n) is 2.76. The van der Waals surface area contributed by atoms with Gasteiger partial charge in [0.15, 0.2) is 0 Å². The SMILES string of the molecule is CCOc1nc(N(C)CC2(N(C)C)CCC2)ccc1N.